The van der Waals surface area contributed by atoms with Crippen LogP contribution in [0.25, 0.3) is 6.08 Å². The molecule has 1 aliphatic rings. The summed E-state index contributed by atoms with van der Waals surface area (Å²) in [5.74, 6) is -1.45. The average molecular weight is 479 g/mol. The number of benzene rings is 1. The Balaban J connectivity index is 1.50. The van der Waals surface area contributed by atoms with Crippen LogP contribution in [-0.2, 0) is 20.9 Å². The number of ether oxygens (including phenoxy) is 1. The van der Waals surface area contributed by atoms with Gasteiger partial charge >= 0.3 is 12.0 Å². The fourth-order valence-corrected chi connectivity index (χ4v) is 3.93. The van der Waals surface area contributed by atoms with Crippen molar-refractivity contribution in [1.82, 2.24) is 20.4 Å². The fourth-order valence-electron chi connectivity index (χ4n) is 3.44. The number of halogens is 2. The number of imide groups is 1. The molecule has 32 heavy (non-hydrogen) atoms. The number of hydrogen-bond acceptors (Lipinski definition) is 5. The van der Waals surface area contributed by atoms with E-state index in [0.29, 0.717) is 28.0 Å². The lowest BCUT2D eigenvalue weighted by Crippen LogP contribution is -2.44. The van der Waals surface area contributed by atoms with Crippen molar-refractivity contribution in [1.29, 1.82) is 0 Å². The largest absolute Gasteiger partial charge is 0.452 e. The maximum absolute atomic E-state index is 12.0. The number of nitrogens with zero attached hydrogens (tertiary/aromatic N) is 2. The van der Waals surface area contributed by atoms with Crippen LogP contribution in [0.4, 0.5) is 4.79 Å². The molecule has 0 aliphatic heterocycles. The summed E-state index contributed by atoms with van der Waals surface area (Å²) < 4.78 is 6.47. The van der Waals surface area contributed by atoms with Crippen molar-refractivity contribution in [3.63, 3.8) is 0 Å². The topological polar surface area (TPSA) is 102 Å². The minimum Gasteiger partial charge on any atom is -0.452 e. The zero-order valence-corrected chi connectivity index (χ0v) is 19.1. The lowest BCUT2D eigenvalue weighted by Gasteiger charge is -2.12. The van der Waals surface area contributed by atoms with Crippen molar-refractivity contribution >= 4 is 47.2 Å². The highest BCUT2D eigenvalue weighted by atomic mass is 35.5. The van der Waals surface area contributed by atoms with Crippen LogP contribution < -0.4 is 10.6 Å². The molecule has 1 aromatic heterocycles. The molecule has 170 valence electrons. The molecule has 0 saturated heterocycles. The number of amides is 3. The molecule has 0 spiro atoms. The van der Waals surface area contributed by atoms with Gasteiger partial charge in [0.1, 0.15) is 5.15 Å². The van der Waals surface area contributed by atoms with Crippen molar-refractivity contribution in [3.8, 4) is 0 Å². The summed E-state index contributed by atoms with van der Waals surface area (Å²) in [5, 5.41) is 10.2. The molecule has 1 fully saturated rings. The Labute approximate surface area is 195 Å². The highest BCUT2D eigenvalue weighted by Gasteiger charge is 2.18. The third-order valence-electron chi connectivity index (χ3n) is 5.06. The average Bonchev–Trinajstić information content (AvgIpc) is 3.34. The van der Waals surface area contributed by atoms with Crippen molar-refractivity contribution in [3.05, 3.63) is 57.3 Å². The van der Waals surface area contributed by atoms with Gasteiger partial charge in [0.25, 0.3) is 5.91 Å². The molecule has 2 N–H and O–H groups in total. The summed E-state index contributed by atoms with van der Waals surface area (Å²) in [6, 6.07) is 6.87. The van der Waals surface area contributed by atoms with Gasteiger partial charge in [-0.25, -0.2) is 14.3 Å². The fraction of sp³-hybridized carbons (Fsp3) is 0.364. The second-order valence-electron chi connectivity index (χ2n) is 7.48. The first kappa shape index (κ1) is 23.8. The van der Waals surface area contributed by atoms with Gasteiger partial charge < -0.3 is 10.1 Å². The standard InChI is InChI=1S/C22H24Cl2N4O4/c1-14-17(21(24)28(27-14)12-15-6-2-5-9-18(15)23)10-11-20(30)32-13-19(29)26-22(31)25-16-7-3-4-8-16/h2,5-6,9-11,16H,3-4,7-8,12-13H2,1H3,(H2,25,26,29,31)/b11-10+. The van der Waals surface area contributed by atoms with E-state index < -0.39 is 24.5 Å². The smallest absolute Gasteiger partial charge is 0.331 e. The third-order valence-corrected chi connectivity index (χ3v) is 5.83. The molecular formula is C22H24Cl2N4O4. The lowest BCUT2D eigenvalue weighted by atomic mass is 10.2. The van der Waals surface area contributed by atoms with Gasteiger partial charge in [-0.3, -0.25) is 10.1 Å². The molecule has 0 radical (unpaired) electrons. The first-order valence-electron chi connectivity index (χ1n) is 10.2. The summed E-state index contributed by atoms with van der Waals surface area (Å²) in [5.41, 5.74) is 2.03. The highest BCUT2D eigenvalue weighted by molar-refractivity contribution is 6.32. The Hall–Kier alpha value is -2.84. The van der Waals surface area contributed by atoms with E-state index in [-0.39, 0.29) is 6.04 Å². The molecular weight excluding hydrogens is 455 g/mol. The van der Waals surface area contributed by atoms with E-state index in [9.17, 15) is 14.4 Å². The third kappa shape index (κ3) is 6.58. The summed E-state index contributed by atoms with van der Waals surface area (Å²) in [4.78, 5) is 35.5. The molecule has 2 aromatic rings. The molecule has 1 heterocycles. The van der Waals surface area contributed by atoms with Crippen LogP contribution in [0.2, 0.25) is 10.2 Å². The zero-order valence-electron chi connectivity index (χ0n) is 17.6. The van der Waals surface area contributed by atoms with Crippen LogP contribution in [0.1, 0.15) is 42.5 Å². The second-order valence-corrected chi connectivity index (χ2v) is 8.25. The highest BCUT2D eigenvalue weighted by Crippen LogP contribution is 2.24. The van der Waals surface area contributed by atoms with Crippen molar-refractivity contribution in [2.75, 3.05) is 6.61 Å². The van der Waals surface area contributed by atoms with E-state index in [1.54, 1.807) is 17.7 Å². The van der Waals surface area contributed by atoms with E-state index in [4.69, 9.17) is 27.9 Å². The molecule has 3 amide bonds. The van der Waals surface area contributed by atoms with Gasteiger partial charge in [-0.05, 0) is 37.5 Å². The Morgan fingerprint density at radius 1 is 1.22 bits per heavy atom. The Morgan fingerprint density at radius 3 is 2.66 bits per heavy atom. The summed E-state index contributed by atoms with van der Waals surface area (Å²) >= 11 is 12.6. The number of aryl methyl sites for hydroxylation is 1. The number of aromatic nitrogens is 2. The van der Waals surface area contributed by atoms with Crippen molar-refractivity contribution < 1.29 is 19.1 Å². The second kappa shape index (κ2) is 11.2. The Kier molecular flexibility index (Phi) is 8.30. The molecule has 0 bridgehead atoms. The lowest BCUT2D eigenvalue weighted by molar-refractivity contribution is -0.143. The Morgan fingerprint density at radius 2 is 1.94 bits per heavy atom. The zero-order chi connectivity index (χ0) is 23.1. The number of esters is 1. The number of rotatable bonds is 7. The molecule has 8 nitrogen and oxygen atoms in total. The first-order valence-corrected chi connectivity index (χ1v) is 11.0. The van der Waals surface area contributed by atoms with Crippen LogP contribution in [0.3, 0.4) is 0 Å². The maximum atomic E-state index is 12.0. The molecule has 0 atom stereocenters. The van der Waals surface area contributed by atoms with E-state index in [2.05, 4.69) is 15.7 Å². The van der Waals surface area contributed by atoms with Gasteiger partial charge in [-0.2, -0.15) is 5.10 Å². The van der Waals surface area contributed by atoms with Gasteiger partial charge in [0.2, 0.25) is 0 Å². The van der Waals surface area contributed by atoms with Crippen molar-refractivity contribution in [2.24, 2.45) is 0 Å². The first-order chi connectivity index (χ1) is 15.3. The monoisotopic (exact) mass is 478 g/mol. The maximum Gasteiger partial charge on any atom is 0.331 e. The number of urea groups is 1. The van der Waals surface area contributed by atoms with E-state index in [0.717, 1.165) is 37.3 Å². The number of carbonyl (C=O) groups excluding carboxylic acids is 3. The van der Waals surface area contributed by atoms with Crippen LogP contribution >= 0.6 is 23.2 Å². The van der Waals surface area contributed by atoms with Gasteiger partial charge in [-0.15, -0.1) is 0 Å². The quantitative estimate of drug-likeness (QED) is 0.464. The summed E-state index contributed by atoms with van der Waals surface area (Å²) in [7, 11) is 0. The van der Waals surface area contributed by atoms with Gasteiger partial charge in [0.15, 0.2) is 6.61 Å². The molecule has 10 heteroatoms. The van der Waals surface area contributed by atoms with Gasteiger partial charge in [-0.1, -0.05) is 54.2 Å². The number of hydrogen-bond donors (Lipinski definition) is 2. The molecule has 1 saturated carbocycles. The van der Waals surface area contributed by atoms with Gasteiger partial charge in [0.05, 0.1) is 12.2 Å². The van der Waals surface area contributed by atoms with Crippen LogP contribution in [0, 0.1) is 6.92 Å². The van der Waals surface area contributed by atoms with Crippen LogP contribution in [0.5, 0.6) is 0 Å². The van der Waals surface area contributed by atoms with Crippen molar-refractivity contribution in [2.45, 2.75) is 45.2 Å². The van der Waals surface area contributed by atoms with Crippen LogP contribution in [0.15, 0.2) is 30.3 Å². The number of carbonyl (C=O) groups is 3. The van der Waals surface area contributed by atoms with E-state index in [1.165, 1.54) is 6.08 Å². The number of nitrogens with one attached hydrogen (secondary N) is 2. The van der Waals surface area contributed by atoms with E-state index >= 15 is 0 Å². The molecule has 1 aromatic carbocycles. The Bertz CT molecular complexity index is 1030. The van der Waals surface area contributed by atoms with E-state index in [1.807, 2.05) is 18.2 Å². The predicted molar refractivity (Wildman–Crippen MR) is 121 cm³/mol. The van der Waals surface area contributed by atoms with Crippen LogP contribution in [-0.4, -0.2) is 40.3 Å². The molecule has 3 rings (SSSR count). The summed E-state index contributed by atoms with van der Waals surface area (Å²) in [6.07, 6.45) is 6.55. The van der Waals surface area contributed by atoms with Gasteiger partial charge in [0, 0.05) is 22.7 Å². The molecule has 0 unspecified atom stereocenters. The minimum absolute atomic E-state index is 0.0834. The SMILES string of the molecule is Cc1nn(Cc2ccccc2Cl)c(Cl)c1/C=C/C(=O)OCC(=O)NC(=O)NC1CCCC1. The molecule has 1 aliphatic carbocycles. The summed E-state index contributed by atoms with van der Waals surface area (Å²) in [6.45, 7) is 1.57. The normalized spacial score (nSPS) is 14.0. The predicted octanol–water partition coefficient (Wildman–Crippen LogP) is 3.87. The minimum atomic E-state index is -0.745.